The van der Waals surface area contributed by atoms with E-state index >= 15 is 0 Å². The van der Waals surface area contributed by atoms with Crippen molar-refractivity contribution in [1.82, 2.24) is 29.9 Å². The van der Waals surface area contributed by atoms with Gasteiger partial charge in [0, 0.05) is 22.7 Å². The smallest absolute Gasteiger partial charge is 0.296 e. The van der Waals surface area contributed by atoms with Crippen LogP contribution in [0.3, 0.4) is 0 Å². The van der Waals surface area contributed by atoms with Crippen molar-refractivity contribution in [3.05, 3.63) is 118 Å². The molecule has 0 fully saturated rings. The Morgan fingerprint density at radius 2 is 0.878 bits per heavy atom. The molecule has 0 bridgehead atoms. The van der Waals surface area contributed by atoms with Crippen molar-refractivity contribution in [2.45, 2.75) is 24.5 Å². The van der Waals surface area contributed by atoms with Crippen LogP contribution in [0, 0.1) is 0 Å². The fourth-order valence-electron chi connectivity index (χ4n) is 6.97. The summed E-state index contributed by atoms with van der Waals surface area (Å²) in [5, 5.41) is 20.8. The van der Waals surface area contributed by atoms with Crippen LogP contribution >= 0.6 is 23.2 Å². The summed E-state index contributed by atoms with van der Waals surface area (Å²) in [4.78, 5) is 32.3. The summed E-state index contributed by atoms with van der Waals surface area (Å²) >= 11 is 12.1. The molecule has 2 heterocycles. The number of hydrogen-bond donors (Lipinski definition) is 12. The van der Waals surface area contributed by atoms with Crippen LogP contribution in [0.15, 0.2) is 136 Å². The Morgan fingerprint density at radius 1 is 0.463 bits per heavy atom. The summed E-state index contributed by atoms with van der Waals surface area (Å²) in [6.07, 6.45) is 0.470. The second kappa shape index (κ2) is 22.2. The van der Waals surface area contributed by atoms with Gasteiger partial charge < -0.3 is 27.0 Å². The molecule has 0 radical (unpaired) electrons. The van der Waals surface area contributed by atoms with Gasteiger partial charge in [0.1, 0.15) is 31.0 Å². The van der Waals surface area contributed by atoms with Crippen molar-refractivity contribution in [3.8, 4) is 0 Å². The van der Waals surface area contributed by atoms with E-state index in [1.807, 2.05) is 0 Å². The number of nitrogens with one attached hydrogen (secondary N) is 5. The molecule has 1 aliphatic rings. The van der Waals surface area contributed by atoms with E-state index in [0.29, 0.717) is 12.1 Å². The van der Waals surface area contributed by atoms with E-state index < -0.39 is 146 Å². The van der Waals surface area contributed by atoms with Gasteiger partial charge in [-0.2, -0.15) is 85.5 Å². The van der Waals surface area contributed by atoms with Gasteiger partial charge in [0.05, 0.1) is 26.7 Å². The maximum atomic E-state index is 14.2. The zero-order chi connectivity index (χ0) is 60.1. The third-order valence-corrected chi connectivity index (χ3v) is 16.0. The van der Waals surface area contributed by atoms with Gasteiger partial charge in [0.25, 0.3) is 60.7 Å². The normalized spacial score (nSPS) is 13.8. The topological polar surface area (TPSA) is 544 Å². The average molecular weight is 1290 g/mol. The molecule has 5 aromatic carbocycles. The van der Waals surface area contributed by atoms with Crippen LogP contribution in [-0.4, -0.2) is 119 Å². The van der Waals surface area contributed by atoms with E-state index in [1.165, 1.54) is 24.3 Å². The van der Waals surface area contributed by atoms with E-state index in [1.54, 1.807) is 0 Å². The van der Waals surface area contributed by atoms with Crippen molar-refractivity contribution >= 4 is 171 Å². The molecule has 1 aliphatic carbocycles. The van der Waals surface area contributed by atoms with Crippen LogP contribution in [0.5, 0.6) is 0 Å². The molecule has 13 N–H and O–H groups in total. The number of carbonyl (C=O) groups is 1. The first-order valence-corrected chi connectivity index (χ1v) is 30.6. The lowest BCUT2D eigenvalue weighted by Gasteiger charge is -2.20. The molecule has 7 aromatic rings. The van der Waals surface area contributed by atoms with E-state index in [-0.39, 0.29) is 46.5 Å². The highest BCUT2D eigenvalue weighted by Gasteiger charge is 2.37. The summed E-state index contributed by atoms with van der Waals surface area (Å²) < 4.78 is 207. The minimum absolute atomic E-state index is 0.194. The number of aromatic nitrogens is 6. The number of anilines is 10. The Balaban J connectivity index is 1.10. The number of hydrazone groups is 1. The molecule has 0 unspecified atom stereocenters. The number of benzene rings is 5. The molecule has 0 aliphatic heterocycles. The molecule has 428 valence electrons. The number of fused-ring (bicyclic) bond motifs is 1. The molecular formula is C40H29Cl2N15O19S6. The van der Waals surface area contributed by atoms with E-state index in [4.69, 9.17) is 28.9 Å². The van der Waals surface area contributed by atoms with E-state index in [0.717, 1.165) is 60.7 Å². The van der Waals surface area contributed by atoms with Crippen molar-refractivity contribution in [2.24, 2.45) is 15.3 Å². The number of ketones is 1. The number of halogens is 2. The minimum atomic E-state index is -5.55. The van der Waals surface area contributed by atoms with Gasteiger partial charge in [0.15, 0.2) is 5.71 Å². The number of rotatable bonds is 18. The lowest BCUT2D eigenvalue weighted by molar-refractivity contribution is 0.106. The monoisotopic (exact) mass is 1280 g/mol. The first kappa shape index (κ1) is 59.8. The van der Waals surface area contributed by atoms with Crippen molar-refractivity contribution < 1.29 is 82.6 Å². The molecule has 2 aromatic heterocycles. The number of nitrogens with zero attached hydrogens (tertiary/aromatic N) is 9. The fraction of sp³-hybridized carbons (Fsp3) is 0. The predicted octanol–water partition coefficient (Wildman–Crippen LogP) is 5.46. The number of carbonyl (C=O) groups excluding carboxylic acids is 1. The zero-order valence-corrected chi connectivity index (χ0v) is 45.9. The molecule has 0 amide bonds. The summed E-state index contributed by atoms with van der Waals surface area (Å²) in [7, 11) is -30.7. The van der Waals surface area contributed by atoms with Gasteiger partial charge >= 0.3 is 0 Å². The Kier molecular flexibility index (Phi) is 16.2. The highest BCUT2D eigenvalue weighted by molar-refractivity contribution is 7.91. The zero-order valence-electron chi connectivity index (χ0n) is 39.5. The lowest BCUT2D eigenvalue weighted by atomic mass is 9.92. The molecule has 34 nitrogen and oxygen atoms in total. The Bertz CT molecular complexity index is 4660. The maximum absolute atomic E-state index is 14.2. The van der Waals surface area contributed by atoms with Crippen molar-refractivity contribution in [2.75, 3.05) is 32.4 Å². The first-order chi connectivity index (χ1) is 38.0. The van der Waals surface area contributed by atoms with Gasteiger partial charge in [-0.1, -0.05) is 0 Å². The third kappa shape index (κ3) is 14.0. The number of nitrogens with two attached hydrogens (primary N) is 1. The number of hydrogen-bond acceptors (Lipinski definition) is 28. The van der Waals surface area contributed by atoms with Crippen LogP contribution in [0.25, 0.3) is 6.08 Å². The Hall–Kier alpha value is -8.36. The molecule has 42 heteroatoms. The molecule has 0 atom stereocenters. The molecule has 0 saturated carbocycles. The largest absolute Gasteiger partial charge is 0.396 e. The van der Waals surface area contributed by atoms with Crippen LogP contribution < -0.4 is 32.4 Å². The number of allylic oxidation sites excluding steroid dienone is 1. The maximum Gasteiger partial charge on any atom is 0.296 e. The third-order valence-electron chi connectivity index (χ3n) is 10.4. The van der Waals surface area contributed by atoms with Crippen LogP contribution in [0.1, 0.15) is 15.9 Å². The molecule has 0 spiro atoms. The van der Waals surface area contributed by atoms with Gasteiger partial charge in [0.2, 0.25) is 40.1 Å². The Labute approximate surface area is 470 Å². The number of Topliss-reactive ketones (excluding diaryl/α,β-unsaturated/α-hetero) is 1. The SMILES string of the molecule is Nc1c(N=Nc2ccc(Nc3nc(Cl)nc(Nc4ccc(S(=O)(=O)O)cc4)n3)cc2S(=O)(=O)O)c(S(=O)(=O)O)cc2c1C(=O)C(=NNc1ccc(Nc3nc(Cl)nc(Nc4ccc(S(=O)(=O)O)cc4)n3)cc1S(=O)(=O)O)C(S(=O)(=O)O)=C2. The summed E-state index contributed by atoms with van der Waals surface area (Å²) in [5.41, 5.74) is 1.96. The predicted molar refractivity (Wildman–Crippen MR) is 288 cm³/mol. The summed E-state index contributed by atoms with van der Waals surface area (Å²) in [5.74, 6) is -2.75. The van der Waals surface area contributed by atoms with E-state index in [2.05, 4.69) is 71.9 Å². The second-order valence-electron chi connectivity index (χ2n) is 16.0. The van der Waals surface area contributed by atoms with Gasteiger partial charge in [-0.15, -0.1) is 10.2 Å². The van der Waals surface area contributed by atoms with E-state index in [9.17, 15) is 82.6 Å². The number of azo groups is 1. The van der Waals surface area contributed by atoms with Crippen LogP contribution in [0.4, 0.5) is 69.3 Å². The lowest BCUT2D eigenvalue weighted by Crippen LogP contribution is -2.28. The molecule has 82 heavy (non-hydrogen) atoms. The van der Waals surface area contributed by atoms with Crippen LogP contribution in [0.2, 0.25) is 10.6 Å². The highest BCUT2D eigenvalue weighted by Crippen LogP contribution is 2.42. The van der Waals surface area contributed by atoms with Gasteiger partial charge in [-0.05, 0) is 126 Å². The van der Waals surface area contributed by atoms with Crippen molar-refractivity contribution in [1.29, 1.82) is 0 Å². The molecular weight excluding hydrogens is 1260 g/mol. The standard InChI is InChI=1S/C40H29Cl2N15O19S6/c41-35-48-37(44-18-1-7-22(8-2-18)77(59,60)61)52-39(50-35)46-20-5-11-24(26(15-20)79(65,66)67)54-56-32-28(81(71,72)73)13-17-14-29(82(74,75)76)33(34(58)30(17)31(32)43)57-55-25-12-6-21(16-27(25)80(68,69)70)47-40-51-36(42)49-38(53-40)45-19-3-9-23(10-4-19)78(62,63)64/h1-16,55H,43H2,(H,59,60,61)(H,62,63,64)(H,65,66,67)(H,68,69,70)(H,71,72,73)(H,74,75,76)(H2,44,46,48,50,52)(H2,45,47,49,51,53). The minimum Gasteiger partial charge on any atom is -0.396 e. The average Bonchev–Trinajstić information content (AvgIpc) is 1.51. The summed E-state index contributed by atoms with van der Waals surface area (Å²) in [6.45, 7) is 0. The van der Waals surface area contributed by atoms with Crippen molar-refractivity contribution in [3.63, 3.8) is 0 Å². The van der Waals surface area contributed by atoms with Gasteiger partial charge in [-0.25, -0.2) is 0 Å². The fourth-order valence-corrected chi connectivity index (χ4v) is 10.9. The van der Waals surface area contributed by atoms with Gasteiger partial charge in [-0.3, -0.25) is 37.5 Å². The second-order valence-corrected chi connectivity index (χ2v) is 25.1. The quantitative estimate of drug-likeness (QED) is 0.0219. The first-order valence-electron chi connectivity index (χ1n) is 21.2. The van der Waals surface area contributed by atoms with Crippen LogP contribution in [-0.2, 0) is 60.7 Å². The summed E-state index contributed by atoms with van der Waals surface area (Å²) in [6, 6.07) is 15.2. The molecule has 8 rings (SSSR count). The Morgan fingerprint density at radius 3 is 1.30 bits per heavy atom. The highest BCUT2D eigenvalue weighted by atomic mass is 35.5. The number of nitrogen functional groups attached to an aromatic ring is 1. The molecule has 0 saturated heterocycles.